The maximum Gasteiger partial charge on any atom is 0.0289 e. The van der Waals surface area contributed by atoms with Crippen LogP contribution in [0.3, 0.4) is 0 Å². The summed E-state index contributed by atoms with van der Waals surface area (Å²) in [5.41, 5.74) is 1.54. The molecule has 1 aliphatic heterocycles. The molecule has 0 saturated carbocycles. The molecule has 0 amide bonds. The van der Waals surface area contributed by atoms with Crippen molar-refractivity contribution >= 4 is 11.8 Å². The van der Waals surface area contributed by atoms with Crippen LogP contribution in [-0.2, 0) is 6.42 Å². The summed E-state index contributed by atoms with van der Waals surface area (Å²) in [5.74, 6) is 0.830. The van der Waals surface area contributed by atoms with Crippen LogP contribution in [0.15, 0.2) is 29.2 Å². The third-order valence-electron chi connectivity index (χ3n) is 3.79. The third-order valence-corrected chi connectivity index (χ3v) is 5.24. The molecule has 1 aromatic carbocycles. The molecule has 2 unspecified atom stereocenters. The molecule has 2 heteroatoms. The summed E-state index contributed by atoms with van der Waals surface area (Å²) in [5, 5.41) is 4.25. The van der Waals surface area contributed by atoms with Gasteiger partial charge in [0.1, 0.15) is 0 Å². The van der Waals surface area contributed by atoms with Crippen molar-refractivity contribution in [1.29, 1.82) is 0 Å². The fraction of sp³-hybridized carbons (Fsp3) is 0.625. The Kier molecular flexibility index (Phi) is 5.13. The lowest BCUT2D eigenvalue weighted by molar-refractivity contribution is 0.449. The highest BCUT2D eigenvalue weighted by atomic mass is 32.2. The van der Waals surface area contributed by atoms with E-state index in [1.54, 1.807) is 0 Å². The Hall–Kier alpha value is -0.470. The van der Waals surface area contributed by atoms with Crippen LogP contribution in [-0.4, -0.2) is 18.3 Å². The van der Waals surface area contributed by atoms with E-state index in [-0.39, 0.29) is 0 Å². The van der Waals surface area contributed by atoms with Crippen molar-refractivity contribution in [3.05, 3.63) is 29.8 Å². The van der Waals surface area contributed by atoms with Gasteiger partial charge in [-0.05, 0) is 37.4 Å². The molecular weight excluding hydrogens is 238 g/mol. The molecule has 1 nitrogen and oxygen atoms in total. The van der Waals surface area contributed by atoms with Gasteiger partial charge in [-0.1, -0.05) is 44.9 Å². The Labute approximate surface area is 116 Å². The molecule has 0 saturated heterocycles. The first kappa shape index (κ1) is 14.0. The van der Waals surface area contributed by atoms with Crippen LogP contribution in [0.25, 0.3) is 0 Å². The monoisotopic (exact) mass is 263 g/mol. The number of benzene rings is 1. The van der Waals surface area contributed by atoms with Crippen LogP contribution in [0.1, 0.15) is 38.7 Å². The molecule has 2 rings (SSSR count). The van der Waals surface area contributed by atoms with E-state index in [2.05, 4.69) is 62.2 Å². The normalized spacial score (nSPS) is 20.1. The smallest absolute Gasteiger partial charge is 0.0289 e. The topological polar surface area (TPSA) is 12.0 Å². The summed E-state index contributed by atoms with van der Waals surface area (Å²) in [4.78, 5) is 1.49. The van der Waals surface area contributed by atoms with Crippen molar-refractivity contribution in [2.75, 3.05) is 7.05 Å². The molecule has 1 heterocycles. The van der Waals surface area contributed by atoms with Gasteiger partial charge in [0, 0.05) is 16.2 Å². The second-order valence-electron chi connectivity index (χ2n) is 5.69. The van der Waals surface area contributed by atoms with E-state index in [0.29, 0.717) is 6.04 Å². The minimum Gasteiger partial charge on any atom is -0.316 e. The Morgan fingerprint density at radius 1 is 1.28 bits per heavy atom. The van der Waals surface area contributed by atoms with Crippen molar-refractivity contribution in [3.8, 4) is 0 Å². The molecule has 18 heavy (non-hydrogen) atoms. The number of hydrogen-bond donors (Lipinski definition) is 1. The van der Waals surface area contributed by atoms with Crippen LogP contribution < -0.4 is 5.32 Å². The predicted molar refractivity (Wildman–Crippen MR) is 81.3 cm³/mol. The van der Waals surface area contributed by atoms with Gasteiger partial charge in [-0.15, -0.1) is 11.8 Å². The number of fused-ring (bicyclic) bond motifs is 1. The van der Waals surface area contributed by atoms with Gasteiger partial charge in [0.05, 0.1) is 0 Å². The molecule has 1 aromatic rings. The lowest BCUT2D eigenvalue weighted by atomic mass is 9.98. The highest BCUT2D eigenvalue weighted by molar-refractivity contribution is 8.00. The minimum atomic E-state index is 0.654. The molecule has 0 aromatic heterocycles. The van der Waals surface area contributed by atoms with Crippen LogP contribution in [0.2, 0.25) is 0 Å². The second kappa shape index (κ2) is 6.63. The van der Waals surface area contributed by atoms with E-state index in [0.717, 1.165) is 11.2 Å². The average Bonchev–Trinajstić information content (AvgIpc) is 2.77. The van der Waals surface area contributed by atoms with Crippen LogP contribution >= 0.6 is 11.8 Å². The molecule has 1 N–H and O–H groups in total. The first-order chi connectivity index (χ1) is 8.70. The summed E-state index contributed by atoms with van der Waals surface area (Å²) in [6.45, 7) is 4.63. The molecule has 0 aliphatic carbocycles. The molecule has 0 spiro atoms. The zero-order valence-corrected chi connectivity index (χ0v) is 12.6. The summed E-state index contributed by atoms with van der Waals surface area (Å²) >= 11 is 2.07. The molecule has 2 atom stereocenters. The van der Waals surface area contributed by atoms with Crippen molar-refractivity contribution in [1.82, 2.24) is 5.32 Å². The van der Waals surface area contributed by atoms with E-state index in [1.807, 2.05) is 0 Å². The average molecular weight is 263 g/mol. The minimum absolute atomic E-state index is 0.654. The Morgan fingerprint density at radius 3 is 2.72 bits per heavy atom. The van der Waals surface area contributed by atoms with Gasteiger partial charge in [-0.2, -0.15) is 0 Å². The van der Waals surface area contributed by atoms with E-state index in [9.17, 15) is 0 Å². The quantitative estimate of drug-likeness (QED) is 0.828. The number of thioether (sulfide) groups is 1. The highest BCUT2D eigenvalue weighted by Crippen LogP contribution is 2.39. The Balaban J connectivity index is 1.87. The number of rotatable bonds is 6. The fourth-order valence-corrected chi connectivity index (χ4v) is 4.18. The standard InChI is InChI=1S/C16H25NS/c1-12(2)7-6-9-14(17-3)16-11-13-8-4-5-10-15(13)18-16/h4-5,8,10,12,14,16-17H,6-7,9,11H2,1-3H3. The maximum absolute atomic E-state index is 3.53. The fourth-order valence-electron chi connectivity index (χ4n) is 2.70. The summed E-state index contributed by atoms with van der Waals surface area (Å²) < 4.78 is 0. The second-order valence-corrected chi connectivity index (χ2v) is 6.97. The zero-order valence-electron chi connectivity index (χ0n) is 11.8. The lowest BCUT2D eigenvalue weighted by Gasteiger charge is -2.22. The Morgan fingerprint density at radius 2 is 2.06 bits per heavy atom. The van der Waals surface area contributed by atoms with E-state index >= 15 is 0 Å². The van der Waals surface area contributed by atoms with E-state index in [4.69, 9.17) is 0 Å². The maximum atomic E-state index is 3.53. The van der Waals surface area contributed by atoms with Crippen molar-refractivity contribution in [2.24, 2.45) is 5.92 Å². The van der Waals surface area contributed by atoms with Gasteiger partial charge in [0.2, 0.25) is 0 Å². The van der Waals surface area contributed by atoms with Crippen molar-refractivity contribution < 1.29 is 0 Å². The van der Waals surface area contributed by atoms with Crippen molar-refractivity contribution in [2.45, 2.75) is 55.7 Å². The van der Waals surface area contributed by atoms with Gasteiger partial charge in [-0.25, -0.2) is 0 Å². The van der Waals surface area contributed by atoms with Crippen molar-refractivity contribution in [3.63, 3.8) is 0 Å². The number of hydrogen-bond acceptors (Lipinski definition) is 2. The van der Waals surface area contributed by atoms with Crippen LogP contribution in [0.4, 0.5) is 0 Å². The van der Waals surface area contributed by atoms with Gasteiger partial charge < -0.3 is 5.32 Å². The zero-order chi connectivity index (χ0) is 13.0. The summed E-state index contributed by atoms with van der Waals surface area (Å²) in [6, 6.07) is 9.52. The number of nitrogens with one attached hydrogen (secondary N) is 1. The van der Waals surface area contributed by atoms with Gasteiger partial charge in [-0.3, -0.25) is 0 Å². The molecule has 0 bridgehead atoms. The third kappa shape index (κ3) is 3.52. The summed E-state index contributed by atoms with van der Waals surface area (Å²) in [6.07, 6.45) is 5.23. The van der Waals surface area contributed by atoms with Gasteiger partial charge in [0.15, 0.2) is 0 Å². The molecular formula is C16H25NS. The van der Waals surface area contributed by atoms with Crippen LogP contribution in [0.5, 0.6) is 0 Å². The molecule has 0 radical (unpaired) electrons. The molecule has 0 fully saturated rings. The van der Waals surface area contributed by atoms with E-state index in [1.165, 1.54) is 36.1 Å². The summed E-state index contributed by atoms with van der Waals surface area (Å²) in [7, 11) is 2.11. The Bertz CT molecular complexity index is 350. The van der Waals surface area contributed by atoms with Gasteiger partial charge in [0.25, 0.3) is 0 Å². The predicted octanol–water partition coefficient (Wildman–Crippen LogP) is 4.12. The van der Waals surface area contributed by atoms with Gasteiger partial charge >= 0.3 is 0 Å². The first-order valence-corrected chi connectivity index (χ1v) is 8.00. The molecule has 1 aliphatic rings. The lowest BCUT2D eigenvalue weighted by Crippen LogP contribution is -2.35. The molecule has 100 valence electrons. The van der Waals surface area contributed by atoms with Crippen LogP contribution in [0, 0.1) is 5.92 Å². The highest BCUT2D eigenvalue weighted by Gasteiger charge is 2.27. The largest absolute Gasteiger partial charge is 0.316 e. The SMILES string of the molecule is CNC(CCCC(C)C)C1Cc2ccccc2S1. The van der Waals surface area contributed by atoms with E-state index < -0.39 is 0 Å². The first-order valence-electron chi connectivity index (χ1n) is 7.12.